The number of amides is 3. The molecular weight excluding hydrogens is 430 g/mol. The van der Waals surface area contributed by atoms with E-state index in [0.717, 1.165) is 18.4 Å². The summed E-state index contributed by atoms with van der Waals surface area (Å²) in [5.74, 6) is 0.877. The predicted octanol–water partition coefficient (Wildman–Crippen LogP) is 3.57. The van der Waals surface area contributed by atoms with Gasteiger partial charge in [0.2, 0.25) is 11.8 Å². The van der Waals surface area contributed by atoms with Crippen molar-refractivity contribution in [3.63, 3.8) is 0 Å². The molecular formula is C22H21N5O4S. The summed E-state index contributed by atoms with van der Waals surface area (Å²) in [5, 5.41) is 14.9. The van der Waals surface area contributed by atoms with E-state index in [0.29, 0.717) is 35.3 Å². The Morgan fingerprint density at radius 3 is 2.81 bits per heavy atom. The number of urea groups is 1. The van der Waals surface area contributed by atoms with Crippen LogP contribution < -0.4 is 20.1 Å². The van der Waals surface area contributed by atoms with Gasteiger partial charge in [-0.05, 0) is 30.5 Å². The Morgan fingerprint density at radius 2 is 1.94 bits per heavy atom. The van der Waals surface area contributed by atoms with Crippen LogP contribution in [-0.2, 0) is 6.54 Å². The molecule has 0 aliphatic carbocycles. The molecule has 0 radical (unpaired) electrons. The molecule has 164 valence electrons. The number of ether oxygens (including phenoxy) is 2. The van der Waals surface area contributed by atoms with Gasteiger partial charge in [-0.25, -0.2) is 4.79 Å². The topological polar surface area (TPSA) is 106 Å². The number of benzene rings is 2. The molecule has 0 spiro atoms. The number of likely N-dealkylation sites (tertiary alicyclic amines) is 1. The van der Waals surface area contributed by atoms with Gasteiger partial charge in [-0.15, -0.1) is 10.2 Å². The highest BCUT2D eigenvalue weighted by Gasteiger charge is 2.33. The van der Waals surface area contributed by atoms with Gasteiger partial charge < -0.3 is 25.0 Å². The summed E-state index contributed by atoms with van der Waals surface area (Å²) in [6, 6.07) is 14.6. The van der Waals surface area contributed by atoms with Gasteiger partial charge in [-0.1, -0.05) is 41.7 Å². The smallest absolute Gasteiger partial charge is 0.318 e. The third kappa shape index (κ3) is 4.22. The molecule has 1 atom stereocenters. The number of rotatable bonds is 5. The summed E-state index contributed by atoms with van der Waals surface area (Å²) in [7, 11) is 0. The van der Waals surface area contributed by atoms with Gasteiger partial charge >= 0.3 is 6.03 Å². The van der Waals surface area contributed by atoms with E-state index in [9.17, 15) is 9.59 Å². The molecule has 5 rings (SSSR count). The average molecular weight is 452 g/mol. The van der Waals surface area contributed by atoms with E-state index in [-0.39, 0.29) is 29.8 Å². The predicted molar refractivity (Wildman–Crippen MR) is 118 cm³/mol. The third-order valence-electron chi connectivity index (χ3n) is 5.35. The lowest BCUT2D eigenvalue weighted by Gasteiger charge is -2.23. The Kier molecular flexibility index (Phi) is 5.59. The quantitative estimate of drug-likeness (QED) is 0.614. The van der Waals surface area contributed by atoms with Gasteiger partial charge in [0.1, 0.15) is 5.01 Å². The van der Waals surface area contributed by atoms with Crippen LogP contribution in [0, 0.1) is 0 Å². The van der Waals surface area contributed by atoms with E-state index in [1.165, 1.54) is 11.3 Å². The van der Waals surface area contributed by atoms with Crippen LogP contribution >= 0.6 is 11.3 Å². The first kappa shape index (κ1) is 20.3. The minimum absolute atomic E-state index is 0.141. The molecule has 3 amide bonds. The highest BCUT2D eigenvalue weighted by molar-refractivity contribution is 7.13. The van der Waals surface area contributed by atoms with Crippen LogP contribution in [0.5, 0.6) is 11.5 Å². The normalized spacial score (nSPS) is 16.8. The number of anilines is 1. The zero-order chi connectivity index (χ0) is 21.9. The van der Waals surface area contributed by atoms with Gasteiger partial charge in [-0.2, -0.15) is 0 Å². The van der Waals surface area contributed by atoms with Gasteiger partial charge in [0.25, 0.3) is 5.91 Å². The van der Waals surface area contributed by atoms with Crippen molar-refractivity contribution in [2.45, 2.75) is 25.4 Å². The molecule has 3 aromatic rings. The van der Waals surface area contributed by atoms with Crippen molar-refractivity contribution >= 4 is 29.0 Å². The van der Waals surface area contributed by atoms with Crippen LogP contribution in [0.4, 0.5) is 10.5 Å². The standard InChI is InChI=1S/C22H21N5O4S/c28-19(24-15-8-9-17-18(11-15)31-13-30-17)21-26-25-20(32-21)16-7-4-10-27(16)22(29)23-12-14-5-2-1-3-6-14/h1-3,5-6,8-9,11,16H,4,7,10,12-13H2,(H,23,29)(H,24,28)/t16-/m1/s1. The molecule has 2 aromatic carbocycles. The number of hydrogen-bond acceptors (Lipinski definition) is 7. The SMILES string of the molecule is O=C(Nc1ccc2c(c1)OCO2)c1nnc([C@H]2CCCN2C(=O)NCc2ccccc2)s1. The molecule has 32 heavy (non-hydrogen) atoms. The molecule has 2 aliphatic rings. The largest absolute Gasteiger partial charge is 0.454 e. The van der Waals surface area contributed by atoms with Gasteiger partial charge in [0, 0.05) is 24.8 Å². The number of fused-ring (bicyclic) bond motifs is 1. The van der Waals surface area contributed by atoms with Crippen molar-refractivity contribution in [3.05, 3.63) is 64.1 Å². The lowest BCUT2D eigenvalue weighted by atomic mass is 10.2. The first-order valence-electron chi connectivity index (χ1n) is 10.3. The highest BCUT2D eigenvalue weighted by Crippen LogP contribution is 2.35. The van der Waals surface area contributed by atoms with Crippen LogP contribution in [0.15, 0.2) is 48.5 Å². The Morgan fingerprint density at radius 1 is 1.09 bits per heavy atom. The van der Waals surface area contributed by atoms with Crippen LogP contribution in [0.1, 0.15) is 39.3 Å². The second-order valence-electron chi connectivity index (χ2n) is 7.46. The minimum Gasteiger partial charge on any atom is -0.454 e. The highest BCUT2D eigenvalue weighted by atomic mass is 32.1. The van der Waals surface area contributed by atoms with E-state index in [2.05, 4.69) is 20.8 Å². The maximum absolute atomic E-state index is 12.7. The molecule has 1 fully saturated rings. The van der Waals surface area contributed by atoms with Crippen molar-refractivity contribution in [1.29, 1.82) is 0 Å². The van der Waals surface area contributed by atoms with Crippen molar-refractivity contribution in [2.24, 2.45) is 0 Å². The molecule has 0 saturated carbocycles. The Hall–Kier alpha value is -3.66. The number of nitrogens with one attached hydrogen (secondary N) is 2. The molecule has 2 aliphatic heterocycles. The number of carbonyl (C=O) groups is 2. The second-order valence-corrected chi connectivity index (χ2v) is 8.47. The molecule has 1 saturated heterocycles. The third-order valence-corrected chi connectivity index (χ3v) is 6.37. The van der Waals surface area contributed by atoms with Crippen molar-refractivity contribution < 1.29 is 19.1 Å². The van der Waals surface area contributed by atoms with Gasteiger partial charge in [0.15, 0.2) is 11.5 Å². The number of carbonyl (C=O) groups excluding carboxylic acids is 2. The van der Waals surface area contributed by atoms with Gasteiger partial charge in [0.05, 0.1) is 6.04 Å². The second kappa shape index (κ2) is 8.83. The van der Waals surface area contributed by atoms with Crippen molar-refractivity contribution in [3.8, 4) is 11.5 Å². The fourth-order valence-electron chi connectivity index (χ4n) is 3.76. The minimum atomic E-state index is -0.356. The summed E-state index contributed by atoms with van der Waals surface area (Å²) in [6.07, 6.45) is 1.67. The zero-order valence-electron chi connectivity index (χ0n) is 17.1. The number of hydrogen-bond donors (Lipinski definition) is 2. The van der Waals surface area contributed by atoms with E-state index in [1.54, 1.807) is 23.1 Å². The van der Waals surface area contributed by atoms with E-state index in [4.69, 9.17) is 9.47 Å². The molecule has 3 heterocycles. The Labute approximate surface area is 188 Å². The van der Waals surface area contributed by atoms with Crippen molar-refractivity contribution in [1.82, 2.24) is 20.4 Å². The summed E-state index contributed by atoms with van der Waals surface area (Å²) in [6.45, 7) is 1.27. The maximum Gasteiger partial charge on any atom is 0.318 e. The summed E-state index contributed by atoms with van der Waals surface area (Å²) < 4.78 is 10.6. The van der Waals surface area contributed by atoms with Crippen LogP contribution in [0.2, 0.25) is 0 Å². The lowest BCUT2D eigenvalue weighted by molar-refractivity contribution is 0.102. The zero-order valence-corrected chi connectivity index (χ0v) is 17.9. The molecule has 0 unspecified atom stereocenters. The average Bonchev–Trinajstić information content (AvgIpc) is 3.57. The summed E-state index contributed by atoms with van der Waals surface area (Å²) >= 11 is 1.21. The van der Waals surface area contributed by atoms with Crippen LogP contribution in [-0.4, -0.2) is 40.4 Å². The molecule has 9 nitrogen and oxygen atoms in total. The Bertz CT molecular complexity index is 1140. The first-order chi connectivity index (χ1) is 15.7. The van der Waals surface area contributed by atoms with E-state index < -0.39 is 0 Å². The van der Waals surface area contributed by atoms with Gasteiger partial charge in [-0.3, -0.25) is 4.79 Å². The molecule has 1 aromatic heterocycles. The number of aromatic nitrogens is 2. The van der Waals surface area contributed by atoms with E-state index in [1.807, 2.05) is 30.3 Å². The first-order valence-corrected chi connectivity index (χ1v) is 11.1. The summed E-state index contributed by atoms with van der Waals surface area (Å²) in [5.41, 5.74) is 1.62. The summed E-state index contributed by atoms with van der Waals surface area (Å²) in [4.78, 5) is 27.2. The Balaban J connectivity index is 1.23. The van der Waals surface area contributed by atoms with Crippen molar-refractivity contribution in [2.75, 3.05) is 18.7 Å². The lowest BCUT2D eigenvalue weighted by Crippen LogP contribution is -2.39. The molecule has 10 heteroatoms. The fraction of sp³-hybridized carbons (Fsp3) is 0.273. The fourth-order valence-corrected chi connectivity index (χ4v) is 4.65. The molecule has 2 N–H and O–H groups in total. The number of nitrogens with zero attached hydrogens (tertiary/aromatic N) is 3. The van der Waals surface area contributed by atoms with Crippen LogP contribution in [0.3, 0.4) is 0 Å². The molecule has 0 bridgehead atoms. The maximum atomic E-state index is 12.7. The van der Waals surface area contributed by atoms with E-state index >= 15 is 0 Å². The van der Waals surface area contributed by atoms with Crippen LogP contribution in [0.25, 0.3) is 0 Å². The monoisotopic (exact) mass is 451 g/mol.